The van der Waals surface area contributed by atoms with Crippen LogP contribution in [0.3, 0.4) is 0 Å². The van der Waals surface area contributed by atoms with E-state index in [1.165, 1.54) is 6.33 Å². The summed E-state index contributed by atoms with van der Waals surface area (Å²) >= 11 is 0. The van der Waals surface area contributed by atoms with Crippen LogP contribution < -0.4 is 5.73 Å². The fraction of sp³-hybridized carbons (Fsp3) is 0.455. The summed E-state index contributed by atoms with van der Waals surface area (Å²) in [7, 11) is 0. The molecular formula is C11H13N5O3. The number of hydrogen-bond donors (Lipinski definition) is 2. The average molecular weight is 263 g/mol. The Balaban J connectivity index is 2.01. The number of hydrogen-bond acceptors (Lipinski definition) is 6. The summed E-state index contributed by atoms with van der Waals surface area (Å²) in [4.78, 5) is 23.1. The molecule has 0 saturated carbocycles. The molecule has 1 aliphatic heterocycles. The van der Waals surface area contributed by atoms with E-state index in [1.54, 1.807) is 10.9 Å². The van der Waals surface area contributed by atoms with Gasteiger partial charge in [0.25, 0.3) is 0 Å². The van der Waals surface area contributed by atoms with Gasteiger partial charge in [-0.15, -0.1) is 0 Å². The Morgan fingerprint density at radius 1 is 1.53 bits per heavy atom. The molecule has 0 radical (unpaired) electrons. The third-order valence-corrected chi connectivity index (χ3v) is 3.31. The van der Waals surface area contributed by atoms with Crippen molar-refractivity contribution in [3.8, 4) is 0 Å². The van der Waals surface area contributed by atoms with Crippen molar-refractivity contribution in [3.05, 3.63) is 12.7 Å². The van der Waals surface area contributed by atoms with Gasteiger partial charge in [-0.3, -0.25) is 4.57 Å². The molecule has 1 aliphatic rings. The lowest BCUT2D eigenvalue weighted by Crippen LogP contribution is -2.20. The molecule has 3 atom stereocenters. The molecule has 8 nitrogen and oxygen atoms in total. The molecule has 0 aliphatic carbocycles. The maximum Gasteiger partial charge on any atom is 0.332 e. The second-order valence-corrected chi connectivity index (χ2v) is 4.65. The summed E-state index contributed by atoms with van der Waals surface area (Å²) in [5.41, 5.74) is 6.77. The van der Waals surface area contributed by atoms with Gasteiger partial charge < -0.3 is 15.6 Å². The summed E-state index contributed by atoms with van der Waals surface area (Å²) < 4.78 is 7.26. The van der Waals surface area contributed by atoms with E-state index in [0.717, 1.165) is 0 Å². The van der Waals surface area contributed by atoms with Crippen LogP contribution in [0.15, 0.2) is 12.7 Å². The van der Waals surface area contributed by atoms with E-state index in [1.807, 2.05) is 6.92 Å². The Morgan fingerprint density at radius 3 is 3.00 bits per heavy atom. The highest BCUT2D eigenvalue weighted by molar-refractivity contribution is 5.81. The molecule has 1 saturated heterocycles. The second kappa shape index (κ2) is 4.16. The van der Waals surface area contributed by atoms with Crippen molar-refractivity contribution in [2.75, 3.05) is 5.73 Å². The number of aliphatic carboxylic acids is 1. The summed E-state index contributed by atoms with van der Waals surface area (Å²) in [5.74, 6) is -0.605. The number of nitrogens with two attached hydrogens (primary N) is 1. The van der Waals surface area contributed by atoms with Gasteiger partial charge in [-0.2, -0.15) is 0 Å². The molecule has 0 aromatic carbocycles. The average Bonchev–Trinajstić information content (AvgIpc) is 2.93. The number of nitrogen functional groups attached to an aromatic ring is 1. The summed E-state index contributed by atoms with van der Waals surface area (Å²) in [6, 6.07) is 0. The molecule has 3 unspecified atom stereocenters. The van der Waals surface area contributed by atoms with Crippen LogP contribution in [0.4, 0.5) is 5.82 Å². The van der Waals surface area contributed by atoms with Crippen molar-refractivity contribution < 1.29 is 14.6 Å². The standard InChI is InChI=1S/C11H13N5O3/c1-5-2-6(11(17)18)19-10(5)16-4-15-7-8(12)13-3-14-9(7)16/h3-6,10H,2H2,1H3,(H,17,18)(H2,12,13,14). The van der Waals surface area contributed by atoms with Gasteiger partial charge in [0.2, 0.25) is 0 Å². The second-order valence-electron chi connectivity index (χ2n) is 4.65. The first-order valence-corrected chi connectivity index (χ1v) is 5.89. The highest BCUT2D eigenvalue weighted by Gasteiger charge is 2.38. The minimum atomic E-state index is -0.951. The molecule has 1 fully saturated rings. The maximum atomic E-state index is 11.0. The molecule has 100 valence electrons. The van der Waals surface area contributed by atoms with Crippen molar-refractivity contribution in [1.29, 1.82) is 0 Å². The molecule has 0 spiro atoms. The number of aromatic nitrogens is 4. The first kappa shape index (κ1) is 11.8. The first-order chi connectivity index (χ1) is 9.08. The van der Waals surface area contributed by atoms with Gasteiger partial charge in [0.1, 0.15) is 18.1 Å². The first-order valence-electron chi connectivity index (χ1n) is 5.89. The largest absolute Gasteiger partial charge is 0.479 e. The predicted octanol–water partition coefficient (Wildman–Crippen LogP) is 0.417. The fourth-order valence-corrected chi connectivity index (χ4v) is 2.37. The zero-order valence-electron chi connectivity index (χ0n) is 10.2. The van der Waals surface area contributed by atoms with Crippen LogP contribution in [0.25, 0.3) is 11.2 Å². The highest BCUT2D eigenvalue weighted by Crippen LogP contribution is 2.35. The number of ether oxygens (including phenoxy) is 1. The van der Waals surface area contributed by atoms with E-state index >= 15 is 0 Å². The van der Waals surface area contributed by atoms with Gasteiger partial charge >= 0.3 is 5.97 Å². The molecule has 3 N–H and O–H groups in total. The predicted molar refractivity (Wildman–Crippen MR) is 65.1 cm³/mol. The van der Waals surface area contributed by atoms with Gasteiger partial charge in [-0.1, -0.05) is 6.92 Å². The Labute approximate surface area is 108 Å². The molecule has 0 bridgehead atoms. The number of anilines is 1. The normalized spacial score (nSPS) is 26.9. The smallest absolute Gasteiger partial charge is 0.332 e. The molecule has 3 rings (SSSR count). The van der Waals surface area contributed by atoms with Crippen molar-refractivity contribution >= 4 is 23.0 Å². The van der Waals surface area contributed by atoms with Gasteiger partial charge in [-0.05, 0) is 6.42 Å². The minimum absolute atomic E-state index is 0.0506. The molecule has 2 aromatic heterocycles. The molecule has 19 heavy (non-hydrogen) atoms. The number of fused-ring (bicyclic) bond motifs is 1. The van der Waals surface area contributed by atoms with Gasteiger partial charge in [-0.25, -0.2) is 19.7 Å². The van der Waals surface area contributed by atoms with Crippen molar-refractivity contribution in [2.24, 2.45) is 5.92 Å². The fourth-order valence-electron chi connectivity index (χ4n) is 2.37. The summed E-state index contributed by atoms with van der Waals surface area (Å²) in [5, 5.41) is 9.01. The van der Waals surface area contributed by atoms with Crippen LogP contribution in [0, 0.1) is 5.92 Å². The number of carbonyl (C=O) groups is 1. The lowest BCUT2D eigenvalue weighted by molar-refractivity contribution is -0.151. The van der Waals surface area contributed by atoms with Crippen molar-refractivity contribution in [3.63, 3.8) is 0 Å². The van der Waals surface area contributed by atoms with E-state index in [4.69, 9.17) is 15.6 Å². The summed E-state index contributed by atoms with van der Waals surface area (Å²) in [6.45, 7) is 1.93. The SMILES string of the molecule is CC1CC(C(=O)O)OC1n1cnc2c(N)ncnc21. The molecule has 0 amide bonds. The van der Waals surface area contributed by atoms with E-state index in [-0.39, 0.29) is 5.92 Å². The Kier molecular flexibility index (Phi) is 2.59. The molecule has 8 heteroatoms. The van der Waals surface area contributed by atoms with Crippen LogP contribution in [0.1, 0.15) is 19.6 Å². The van der Waals surface area contributed by atoms with Crippen LogP contribution in [0.2, 0.25) is 0 Å². The molecule has 3 heterocycles. The van der Waals surface area contributed by atoms with Gasteiger partial charge in [0.15, 0.2) is 17.6 Å². The third-order valence-electron chi connectivity index (χ3n) is 3.31. The lowest BCUT2D eigenvalue weighted by Gasteiger charge is -2.16. The Hall–Kier alpha value is -2.22. The number of rotatable bonds is 2. The Bertz CT molecular complexity index is 640. The zero-order chi connectivity index (χ0) is 13.6. The number of imidazole rings is 1. The minimum Gasteiger partial charge on any atom is -0.479 e. The van der Waals surface area contributed by atoms with Gasteiger partial charge in [0, 0.05) is 5.92 Å². The third kappa shape index (κ3) is 1.80. The molecule has 2 aromatic rings. The number of carboxylic acids is 1. The van der Waals surface area contributed by atoms with Gasteiger partial charge in [0.05, 0.1) is 6.33 Å². The van der Waals surface area contributed by atoms with Crippen LogP contribution >= 0.6 is 0 Å². The molecular weight excluding hydrogens is 250 g/mol. The number of carboxylic acid groups (broad SMARTS) is 1. The zero-order valence-corrected chi connectivity index (χ0v) is 10.2. The van der Waals surface area contributed by atoms with Crippen molar-refractivity contribution in [2.45, 2.75) is 25.7 Å². The lowest BCUT2D eigenvalue weighted by atomic mass is 10.1. The van der Waals surface area contributed by atoms with E-state index in [9.17, 15) is 4.79 Å². The number of nitrogens with zero attached hydrogens (tertiary/aromatic N) is 4. The van der Waals surface area contributed by atoms with E-state index in [0.29, 0.717) is 23.4 Å². The van der Waals surface area contributed by atoms with E-state index < -0.39 is 18.3 Å². The Morgan fingerprint density at radius 2 is 2.32 bits per heavy atom. The monoisotopic (exact) mass is 263 g/mol. The van der Waals surface area contributed by atoms with E-state index in [2.05, 4.69) is 15.0 Å². The highest BCUT2D eigenvalue weighted by atomic mass is 16.5. The van der Waals surface area contributed by atoms with Crippen LogP contribution in [-0.4, -0.2) is 36.7 Å². The maximum absolute atomic E-state index is 11.0. The topological polar surface area (TPSA) is 116 Å². The van der Waals surface area contributed by atoms with Crippen LogP contribution in [-0.2, 0) is 9.53 Å². The van der Waals surface area contributed by atoms with Crippen LogP contribution in [0.5, 0.6) is 0 Å². The quantitative estimate of drug-likeness (QED) is 0.806. The summed E-state index contributed by atoms with van der Waals surface area (Å²) in [6.07, 6.45) is 2.17. The van der Waals surface area contributed by atoms with Crippen molar-refractivity contribution in [1.82, 2.24) is 19.5 Å².